The second-order valence-corrected chi connectivity index (χ2v) is 13.8. The van der Waals surface area contributed by atoms with Crippen LogP contribution in [0.3, 0.4) is 0 Å². The fraction of sp³-hybridized carbons (Fsp3) is 0.324. The van der Waals surface area contributed by atoms with Crippen LogP contribution in [0.1, 0.15) is 57.4 Å². The summed E-state index contributed by atoms with van der Waals surface area (Å²) >= 11 is 3.45. The van der Waals surface area contributed by atoms with Crippen LogP contribution in [-0.4, -0.2) is 43.8 Å². The Labute approximate surface area is 306 Å². The molecule has 0 saturated carbocycles. The number of benzene rings is 3. The number of nitrogens with zero attached hydrogens (tertiary/aromatic N) is 2. The number of carbonyl (C=O) groups is 1. The van der Waals surface area contributed by atoms with Gasteiger partial charge >= 0.3 is 5.97 Å². The van der Waals surface area contributed by atoms with Crippen LogP contribution in [-0.2, 0) is 16.1 Å². The Hall–Kier alpha value is -4.50. The molecule has 0 amide bonds. The van der Waals surface area contributed by atoms with E-state index in [1.807, 2.05) is 57.2 Å². The molecular formula is C37H37IN2O9S. The summed E-state index contributed by atoms with van der Waals surface area (Å²) in [7, 11) is 1.55. The van der Waals surface area contributed by atoms with Crippen LogP contribution in [0.4, 0.5) is 0 Å². The van der Waals surface area contributed by atoms with Crippen molar-refractivity contribution in [1.29, 1.82) is 0 Å². The number of rotatable bonds is 12. The highest BCUT2D eigenvalue weighted by atomic mass is 127. The van der Waals surface area contributed by atoms with Gasteiger partial charge in [-0.2, -0.15) is 0 Å². The standard InChI is InChI=1S/C37H37IN2O9S/c1-7-44-30-15-23(13-25(38)34(30)46-18-22-9-11-26-29(14-22)48-19-47-26)16-31-35(41)40-33(24-10-12-27(49-20(3)4)28(17-24)43-6)32(36(42)45-8-2)21(5)39-37(40)50-31/h9-17,20,33H,7-8,18-19H2,1-6H3/b31-16-/t33-/m1/s1. The zero-order valence-electron chi connectivity index (χ0n) is 28.5. The van der Waals surface area contributed by atoms with Gasteiger partial charge in [-0.05, 0) is 116 Å². The van der Waals surface area contributed by atoms with Crippen LogP contribution in [0.25, 0.3) is 6.08 Å². The number of esters is 1. The Morgan fingerprint density at radius 1 is 1.04 bits per heavy atom. The average molecular weight is 813 g/mol. The Bertz CT molecular complexity index is 2150. The first-order chi connectivity index (χ1) is 24.1. The van der Waals surface area contributed by atoms with E-state index in [0.717, 1.165) is 14.7 Å². The Kier molecular flexibility index (Phi) is 10.7. The molecule has 3 heterocycles. The Balaban J connectivity index is 1.40. The largest absolute Gasteiger partial charge is 0.493 e. The quantitative estimate of drug-likeness (QED) is 0.127. The fourth-order valence-electron chi connectivity index (χ4n) is 5.72. The maximum Gasteiger partial charge on any atom is 0.338 e. The summed E-state index contributed by atoms with van der Waals surface area (Å²) < 4.78 is 43.0. The van der Waals surface area contributed by atoms with Crippen molar-refractivity contribution in [2.75, 3.05) is 27.1 Å². The third-order valence-corrected chi connectivity index (χ3v) is 9.62. The maximum atomic E-state index is 14.3. The minimum atomic E-state index is -0.805. The number of hydrogen-bond acceptors (Lipinski definition) is 11. The van der Waals surface area contributed by atoms with Crippen LogP contribution in [0.15, 0.2) is 69.6 Å². The summed E-state index contributed by atoms with van der Waals surface area (Å²) in [5.41, 5.74) is 2.77. The predicted octanol–water partition coefficient (Wildman–Crippen LogP) is 5.91. The molecule has 50 heavy (non-hydrogen) atoms. The number of fused-ring (bicyclic) bond motifs is 2. The van der Waals surface area contributed by atoms with Gasteiger partial charge in [-0.15, -0.1) is 0 Å². The number of hydrogen-bond donors (Lipinski definition) is 0. The topological polar surface area (TPSA) is 116 Å². The van der Waals surface area contributed by atoms with Gasteiger partial charge in [0.25, 0.3) is 5.56 Å². The molecule has 0 fully saturated rings. The molecule has 2 aliphatic heterocycles. The minimum absolute atomic E-state index is 0.0772. The van der Waals surface area contributed by atoms with Crippen LogP contribution in [0.2, 0.25) is 0 Å². The van der Waals surface area contributed by atoms with Gasteiger partial charge in [-0.25, -0.2) is 9.79 Å². The molecule has 0 radical (unpaired) electrons. The lowest BCUT2D eigenvalue weighted by molar-refractivity contribution is -0.139. The van der Waals surface area contributed by atoms with Crippen LogP contribution in [0.5, 0.6) is 34.5 Å². The molecule has 4 aromatic rings. The lowest BCUT2D eigenvalue weighted by Crippen LogP contribution is -2.40. The summed E-state index contributed by atoms with van der Waals surface area (Å²) in [4.78, 5) is 32.8. The Morgan fingerprint density at radius 2 is 1.84 bits per heavy atom. The molecule has 0 spiro atoms. The summed E-state index contributed by atoms with van der Waals surface area (Å²) in [5.74, 6) is 3.04. The number of allylic oxidation sites excluding steroid dienone is 1. The normalized spacial score (nSPS) is 15.1. The SMILES string of the molecule is CCOC(=O)C1=C(C)N=c2s/c(=C\c3cc(I)c(OCc4ccc5c(c4)OCO5)c(OCC)c3)c(=O)n2[C@@H]1c1ccc(OC(C)C)c(OC)c1. The van der Waals surface area contributed by atoms with Gasteiger partial charge in [0.05, 0.1) is 51.8 Å². The molecule has 0 aliphatic carbocycles. The van der Waals surface area contributed by atoms with E-state index in [2.05, 4.69) is 22.6 Å². The molecule has 0 unspecified atom stereocenters. The fourth-order valence-corrected chi connectivity index (χ4v) is 7.55. The molecule has 0 saturated heterocycles. The minimum Gasteiger partial charge on any atom is -0.493 e. The van der Waals surface area contributed by atoms with Gasteiger partial charge in [-0.3, -0.25) is 9.36 Å². The van der Waals surface area contributed by atoms with E-state index in [0.29, 0.717) is 68.3 Å². The van der Waals surface area contributed by atoms with Crippen molar-refractivity contribution >= 4 is 46.0 Å². The van der Waals surface area contributed by atoms with Crippen molar-refractivity contribution in [3.63, 3.8) is 0 Å². The van der Waals surface area contributed by atoms with Gasteiger partial charge in [-0.1, -0.05) is 23.5 Å². The average Bonchev–Trinajstić information content (AvgIpc) is 3.67. The van der Waals surface area contributed by atoms with Crippen molar-refractivity contribution in [2.24, 2.45) is 4.99 Å². The molecule has 1 aromatic heterocycles. The molecule has 11 nitrogen and oxygen atoms in total. The first-order valence-corrected chi connectivity index (χ1v) is 18.0. The highest BCUT2D eigenvalue weighted by molar-refractivity contribution is 14.1. The van der Waals surface area contributed by atoms with Crippen molar-refractivity contribution in [3.8, 4) is 34.5 Å². The van der Waals surface area contributed by atoms with E-state index in [9.17, 15) is 9.59 Å². The monoisotopic (exact) mass is 812 g/mol. The zero-order valence-corrected chi connectivity index (χ0v) is 31.5. The number of methoxy groups -OCH3 is 1. The molecule has 0 N–H and O–H groups in total. The first kappa shape index (κ1) is 35.3. The van der Waals surface area contributed by atoms with Gasteiger partial charge in [0.1, 0.15) is 6.61 Å². The first-order valence-electron chi connectivity index (χ1n) is 16.1. The lowest BCUT2D eigenvalue weighted by Gasteiger charge is -2.25. The van der Waals surface area contributed by atoms with Gasteiger partial charge in [0.15, 0.2) is 39.3 Å². The van der Waals surface area contributed by atoms with Crippen LogP contribution in [0, 0.1) is 3.57 Å². The molecule has 6 rings (SSSR count). The summed E-state index contributed by atoms with van der Waals surface area (Å²) in [5, 5.41) is 0. The van der Waals surface area contributed by atoms with E-state index in [-0.39, 0.29) is 30.6 Å². The Morgan fingerprint density at radius 3 is 2.58 bits per heavy atom. The van der Waals surface area contributed by atoms with E-state index < -0.39 is 12.0 Å². The van der Waals surface area contributed by atoms with Crippen LogP contribution < -0.4 is 43.3 Å². The van der Waals surface area contributed by atoms with Gasteiger partial charge < -0.3 is 33.2 Å². The number of halogens is 1. The maximum absolute atomic E-state index is 14.3. The number of carbonyl (C=O) groups excluding carboxylic acids is 1. The number of ether oxygens (including phenoxy) is 7. The van der Waals surface area contributed by atoms with Crippen molar-refractivity contribution in [3.05, 3.63) is 99.7 Å². The summed E-state index contributed by atoms with van der Waals surface area (Å²) in [6, 6.07) is 14.1. The van der Waals surface area contributed by atoms with E-state index >= 15 is 0 Å². The molecule has 13 heteroatoms. The second kappa shape index (κ2) is 15.2. The second-order valence-electron chi connectivity index (χ2n) is 11.6. The van der Waals surface area contributed by atoms with Gasteiger partial charge in [0, 0.05) is 0 Å². The summed E-state index contributed by atoms with van der Waals surface area (Å²) in [6.45, 7) is 10.3. The molecule has 1 atom stereocenters. The molecule has 262 valence electrons. The zero-order chi connectivity index (χ0) is 35.5. The highest BCUT2D eigenvalue weighted by Crippen LogP contribution is 2.38. The molecule has 2 aliphatic rings. The van der Waals surface area contributed by atoms with E-state index in [1.54, 1.807) is 43.7 Å². The smallest absolute Gasteiger partial charge is 0.338 e. The molecule has 0 bridgehead atoms. The number of thiazole rings is 1. The van der Waals surface area contributed by atoms with E-state index in [4.69, 9.17) is 38.2 Å². The van der Waals surface area contributed by atoms with Gasteiger partial charge in [0.2, 0.25) is 6.79 Å². The third-order valence-electron chi connectivity index (χ3n) is 7.83. The third kappa shape index (κ3) is 7.20. The van der Waals surface area contributed by atoms with Crippen LogP contribution >= 0.6 is 33.9 Å². The van der Waals surface area contributed by atoms with Crippen molar-refractivity contribution in [2.45, 2.75) is 53.4 Å². The molecule has 3 aromatic carbocycles. The molecular weight excluding hydrogens is 775 g/mol. The van der Waals surface area contributed by atoms with Crippen molar-refractivity contribution < 1.29 is 38.0 Å². The number of aromatic nitrogens is 1. The van der Waals surface area contributed by atoms with Crippen molar-refractivity contribution in [1.82, 2.24) is 4.57 Å². The summed E-state index contributed by atoms with van der Waals surface area (Å²) in [6.07, 6.45) is 1.73. The predicted molar refractivity (Wildman–Crippen MR) is 196 cm³/mol. The highest BCUT2D eigenvalue weighted by Gasteiger charge is 2.34. The lowest BCUT2D eigenvalue weighted by atomic mass is 9.95. The van der Waals surface area contributed by atoms with E-state index in [1.165, 1.54) is 11.3 Å².